The SMILES string of the molecule is CC1CCCN(Cc2sc(=O)[nH]c2-c2ccc3c(c2)CCCC3)C1. The van der Waals surface area contributed by atoms with E-state index in [-0.39, 0.29) is 4.87 Å². The van der Waals surface area contributed by atoms with Gasteiger partial charge in [0.05, 0.1) is 5.69 Å². The summed E-state index contributed by atoms with van der Waals surface area (Å²) in [6.07, 6.45) is 7.58. The first kappa shape index (κ1) is 16.1. The monoisotopic (exact) mass is 342 g/mol. The van der Waals surface area contributed by atoms with Crippen molar-refractivity contribution in [2.24, 2.45) is 5.92 Å². The highest BCUT2D eigenvalue weighted by molar-refractivity contribution is 7.09. The number of aryl methyl sites for hydroxylation is 2. The Hall–Kier alpha value is -1.39. The van der Waals surface area contributed by atoms with Crippen molar-refractivity contribution in [3.8, 4) is 11.3 Å². The minimum atomic E-state index is 0.0720. The normalized spacial score (nSPS) is 21.6. The van der Waals surface area contributed by atoms with Crippen LogP contribution in [0.15, 0.2) is 23.0 Å². The molecule has 2 aliphatic rings. The van der Waals surface area contributed by atoms with E-state index in [1.807, 2.05) is 0 Å². The minimum absolute atomic E-state index is 0.0720. The Kier molecular flexibility index (Phi) is 4.59. The molecule has 0 radical (unpaired) electrons. The second-order valence-corrected chi connectivity index (χ2v) is 8.55. The average Bonchev–Trinajstić information content (AvgIpc) is 2.95. The molecule has 1 aromatic heterocycles. The molecule has 1 fully saturated rings. The maximum atomic E-state index is 12.0. The molecule has 2 heterocycles. The Morgan fingerprint density at radius 2 is 2.04 bits per heavy atom. The summed E-state index contributed by atoms with van der Waals surface area (Å²) >= 11 is 1.39. The molecule has 1 N–H and O–H groups in total. The quantitative estimate of drug-likeness (QED) is 0.907. The van der Waals surface area contributed by atoms with E-state index in [2.05, 4.69) is 35.0 Å². The Labute approximate surface area is 147 Å². The molecule has 1 unspecified atom stereocenters. The maximum Gasteiger partial charge on any atom is 0.305 e. The zero-order valence-electron chi connectivity index (χ0n) is 14.4. The van der Waals surface area contributed by atoms with Gasteiger partial charge >= 0.3 is 4.87 Å². The second kappa shape index (κ2) is 6.85. The highest BCUT2D eigenvalue weighted by atomic mass is 32.1. The number of fused-ring (bicyclic) bond motifs is 1. The lowest BCUT2D eigenvalue weighted by molar-refractivity contribution is 0.178. The van der Waals surface area contributed by atoms with Crippen molar-refractivity contribution >= 4 is 11.3 Å². The molecule has 0 saturated carbocycles. The summed E-state index contributed by atoms with van der Waals surface area (Å²) < 4.78 is 0. The third-order valence-electron chi connectivity index (χ3n) is 5.47. The molecule has 3 nitrogen and oxygen atoms in total. The highest BCUT2D eigenvalue weighted by Crippen LogP contribution is 2.30. The van der Waals surface area contributed by atoms with E-state index >= 15 is 0 Å². The standard InChI is InChI=1S/C20H26N2OS/c1-14-5-4-10-22(12-14)13-18-19(21-20(23)24-18)17-9-8-15-6-2-3-7-16(15)11-17/h8-9,11,14H,2-7,10,12-13H2,1H3,(H,21,23). The summed E-state index contributed by atoms with van der Waals surface area (Å²) in [6.45, 7) is 5.53. The molecule has 1 aliphatic heterocycles. The van der Waals surface area contributed by atoms with E-state index in [1.165, 1.54) is 71.4 Å². The van der Waals surface area contributed by atoms with Crippen molar-refractivity contribution in [2.45, 2.75) is 52.0 Å². The summed E-state index contributed by atoms with van der Waals surface area (Å²) in [5.74, 6) is 0.765. The summed E-state index contributed by atoms with van der Waals surface area (Å²) in [4.78, 5) is 18.9. The molecular weight excluding hydrogens is 316 g/mol. The Balaban J connectivity index is 1.62. The number of likely N-dealkylation sites (tertiary alicyclic amines) is 1. The number of aromatic nitrogens is 1. The number of nitrogens with one attached hydrogen (secondary N) is 1. The first-order chi connectivity index (χ1) is 11.7. The average molecular weight is 343 g/mol. The third kappa shape index (κ3) is 3.35. The number of thiazole rings is 1. The van der Waals surface area contributed by atoms with Gasteiger partial charge in [-0.25, -0.2) is 0 Å². The van der Waals surface area contributed by atoms with Gasteiger partial charge in [0.25, 0.3) is 0 Å². The van der Waals surface area contributed by atoms with Gasteiger partial charge in [-0.2, -0.15) is 0 Å². The van der Waals surface area contributed by atoms with Crippen LogP contribution in [0.1, 0.15) is 48.6 Å². The predicted octanol–water partition coefficient (Wildman–Crippen LogP) is 4.21. The number of hydrogen-bond donors (Lipinski definition) is 1. The molecule has 24 heavy (non-hydrogen) atoms. The lowest BCUT2D eigenvalue weighted by atomic mass is 9.90. The van der Waals surface area contributed by atoms with Crippen LogP contribution in [0.2, 0.25) is 0 Å². The van der Waals surface area contributed by atoms with Gasteiger partial charge in [0.1, 0.15) is 0 Å². The van der Waals surface area contributed by atoms with Gasteiger partial charge < -0.3 is 4.98 Å². The molecule has 1 aliphatic carbocycles. The van der Waals surface area contributed by atoms with Gasteiger partial charge in [-0.15, -0.1) is 0 Å². The number of nitrogens with zero attached hydrogens (tertiary/aromatic N) is 1. The van der Waals surface area contributed by atoms with Crippen molar-refractivity contribution in [1.29, 1.82) is 0 Å². The molecule has 0 amide bonds. The van der Waals surface area contributed by atoms with Crippen LogP contribution in [0, 0.1) is 5.92 Å². The molecule has 1 aromatic carbocycles. The van der Waals surface area contributed by atoms with Crippen molar-refractivity contribution in [3.63, 3.8) is 0 Å². The van der Waals surface area contributed by atoms with Crippen LogP contribution in [-0.2, 0) is 19.4 Å². The van der Waals surface area contributed by atoms with Crippen molar-refractivity contribution < 1.29 is 0 Å². The fourth-order valence-corrected chi connectivity index (χ4v) is 5.12. The Morgan fingerprint density at radius 1 is 1.21 bits per heavy atom. The van der Waals surface area contributed by atoms with Crippen molar-refractivity contribution in [2.75, 3.05) is 13.1 Å². The van der Waals surface area contributed by atoms with Gasteiger partial charge in [-0.05, 0) is 73.7 Å². The van der Waals surface area contributed by atoms with Gasteiger partial charge in [-0.3, -0.25) is 9.69 Å². The van der Waals surface area contributed by atoms with E-state index in [1.54, 1.807) is 0 Å². The van der Waals surface area contributed by atoms with Gasteiger partial charge in [-0.1, -0.05) is 30.4 Å². The topological polar surface area (TPSA) is 36.1 Å². The molecule has 128 valence electrons. The largest absolute Gasteiger partial charge is 0.312 e. The van der Waals surface area contributed by atoms with Crippen molar-refractivity contribution in [3.05, 3.63) is 43.9 Å². The Bertz CT molecular complexity index is 776. The van der Waals surface area contributed by atoms with Crippen LogP contribution in [0.25, 0.3) is 11.3 Å². The van der Waals surface area contributed by atoms with Crippen LogP contribution in [-0.4, -0.2) is 23.0 Å². The Morgan fingerprint density at radius 3 is 2.88 bits per heavy atom. The van der Waals surface area contributed by atoms with E-state index < -0.39 is 0 Å². The predicted molar refractivity (Wildman–Crippen MR) is 101 cm³/mol. The minimum Gasteiger partial charge on any atom is -0.312 e. The lowest BCUT2D eigenvalue weighted by Gasteiger charge is -2.30. The molecular formula is C20H26N2OS. The first-order valence-corrected chi connectivity index (χ1v) is 10.1. The second-order valence-electron chi connectivity index (χ2n) is 7.49. The molecule has 1 atom stereocenters. The zero-order valence-corrected chi connectivity index (χ0v) is 15.3. The number of aromatic amines is 1. The molecule has 2 aromatic rings. The molecule has 0 bridgehead atoms. The molecule has 4 heteroatoms. The van der Waals surface area contributed by atoms with E-state index in [4.69, 9.17) is 0 Å². The molecule has 0 spiro atoms. The number of rotatable bonds is 3. The van der Waals surface area contributed by atoms with E-state index in [9.17, 15) is 4.79 Å². The smallest absolute Gasteiger partial charge is 0.305 e. The fourth-order valence-electron chi connectivity index (χ4n) is 4.23. The van der Waals surface area contributed by atoms with Crippen LogP contribution in [0.4, 0.5) is 0 Å². The molecule has 4 rings (SSSR count). The third-order valence-corrected chi connectivity index (χ3v) is 6.33. The van der Waals surface area contributed by atoms with Gasteiger partial charge in [0.2, 0.25) is 0 Å². The lowest BCUT2D eigenvalue weighted by Crippen LogP contribution is -2.33. The summed E-state index contributed by atoms with van der Waals surface area (Å²) in [5, 5.41) is 0. The number of piperidine rings is 1. The van der Waals surface area contributed by atoms with Crippen molar-refractivity contribution in [1.82, 2.24) is 9.88 Å². The van der Waals surface area contributed by atoms with Gasteiger partial charge in [0, 0.05) is 18.0 Å². The number of benzene rings is 1. The van der Waals surface area contributed by atoms with Gasteiger partial charge in [0.15, 0.2) is 0 Å². The van der Waals surface area contributed by atoms with Crippen LogP contribution in [0.3, 0.4) is 0 Å². The van der Waals surface area contributed by atoms with Crippen LogP contribution >= 0.6 is 11.3 Å². The van der Waals surface area contributed by atoms with Crippen LogP contribution < -0.4 is 4.87 Å². The summed E-state index contributed by atoms with van der Waals surface area (Å²) in [6, 6.07) is 6.78. The van der Waals surface area contributed by atoms with E-state index in [0.717, 1.165) is 31.2 Å². The zero-order chi connectivity index (χ0) is 16.5. The summed E-state index contributed by atoms with van der Waals surface area (Å²) in [7, 11) is 0. The van der Waals surface area contributed by atoms with E-state index in [0.29, 0.717) is 0 Å². The highest BCUT2D eigenvalue weighted by Gasteiger charge is 2.20. The molecule has 1 saturated heterocycles. The maximum absolute atomic E-state index is 12.0. The van der Waals surface area contributed by atoms with Crippen LogP contribution in [0.5, 0.6) is 0 Å². The number of H-pyrrole nitrogens is 1. The summed E-state index contributed by atoms with van der Waals surface area (Å²) in [5.41, 5.74) is 5.21. The number of hydrogen-bond acceptors (Lipinski definition) is 3. The fraction of sp³-hybridized carbons (Fsp3) is 0.550. The first-order valence-electron chi connectivity index (χ1n) is 9.25.